The van der Waals surface area contributed by atoms with Gasteiger partial charge in [0.05, 0.1) is 44.5 Å². The molecule has 0 radical (unpaired) electrons. The van der Waals surface area contributed by atoms with E-state index in [-0.39, 0.29) is 0 Å². The van der Waals surface area contributed by atoms with E-state index in [2.05, 4.69) is 353 Å². The maximum absolute atomic E-state index is 5.64. The van der Waals surface area contributed by atoms with E-state index in [0.717, 1.165) is 133 Å². The van der Waals surface area contributed by atoms with Gasteiger partial charge in [0.1, 0.15) is 0 Å². The largest absolute Gasteiger partial charge is 0.309 e. The highest BCUT2D eigenvalue weighted by molar-refractivity contribution is 6.18. The van der Waals surface area contributed by atoms with Crippen molar-refractivity contribution in [2.75, 3.05) is 0 Å². The number of nitrogens with zero attached hydrogens (tertiary/aromatic N) is 6. The second-order valence-corrected chi connectivity index (χ2v) is 23.9. The number of fused-ring (bicyclic) bond motifs is 9. The Hall–Kier alpha value is -12.5. The van der Waals surface area contributed by atoms with Crippen molar-refractivity contribution in [3.8, 4) is 107 Å². The highest BCUT2D eigenvalue weighted by atomic mass is 15.1. The van der Waals surface area contributed by atoms with Gasteiger partial charge in [0, 0.05) is 65.8 Å². The summed E-state index contributed by atoms with van der Waals surface area (Å²) in [7, 11) is 0. The van der Waals surface area contributed by atoms with Gasteiger partial charge in [0.25, 0.3) is 0 Å². The summed E-state index contributed by atoms with van der Waals surface area (Å²) >= 11 is 0. The first-order chi connectivity index (χ1) is 46.1. The van der Waals surface area contributed by atoms with Gasteiger partial charge in [-0.1, -0.05) is 261 Å². The lowest BCUT2D eigenvalue weighted by Crippen LogP contribution is -2.04. The molecule has 18 aromatic rings. The van der Waals surface area contributed by atoms with Gasteiger partial charge >= 0.3 is 0 Å². The van der Waals surface area contributed by atoms with Crippen LogP contribution in [0.15, 0.2) is 340 Å². The van der Waals surface area contributed by atoms with Crippen molar-refractivity contribution in [3.05, 3.63) is 340 Å². The zero-order valence-electron chi connectivity index (χ0n) is 50.5. The average Bonchev–Trinajstić information content (AvgIpc) is 1.54. The smallest absolute Gasteiger partial charge is 0.164 e. The maximum Gasteiger partial charge on any atom is 0.164 e. The molecule has 93 heavy (non-hydrogen) atoms. The van der Waals surface area contributed by atoms with E-state index < -0.39 is 0 Å². The minimum atomic E-state index is 0.555. The van der Waals surface area contributed by atoms with Crippen LogP contribution in [0.5, 0.6) is 0 Å². The quantitative estimate of drug-likeness (QED) is 0.130. The molecule has 0 aliphatic rings. The summed E-state index contributed by atoms with van der Waals surface area (Å²) in [6.07, 6.45) is 0. The maximum atomic E-state index is 5.64. The molecule has 0 spiro atoms. The highest BCUT2D eigenvalue weighted by Crippen LogP contribution is 2.47. The van der Waals surface area contributed by atoms with Crippen LogP contribution in [0.3, 0.4) is 0 Å². The lowest BCUT2D eigenvalue weighted by atomic mass is 9.92. The monoisotopic (exact) mass is 1180 g/mol. The number of rotatable bonds is 11. The third-order valence-corrected chi connectivity index (χ3v) is 18.5. The van der Waals surface area contributed by atoms with E-state index in [4.69, 9.17) is 15.0 Å². The zero-order chi connectivity index (χ0) is 61.3. The number of hydrogen-bond donors (Lipinski definition) is 0. The number of aromatic nitrogens is 6. The van der Waals surface area contributed by atoms with Crippen molar-refractivity contribution in [1.82, 2.24) is 28.7 Å². The molecule has 6 nitrogen and oxygen atoms in total. The normalized spacial score (nSPS) is 11.7. The van der Waals surface area contributed by atoms with Crippen LogP contribution >= 0.6 is 0 Å². The van der Waals surface area contributed by atoms with E-state index in [1.165, 1.54) is 21.5 Å². The molecule has 0 saturated carbocycles. The van der Waals surface area contributed by atoms with Crippen LogP contribution in [0.25, 0.3) is 172 Å². The van der Waals surface area contributed by atoms with Crippen LogP contribution < -0.4 is 0 Å². The third kappa shape index (κ3) is 9.14. The topological polar surface area (TPSA) is 53.5 Å². The molecule has 0 fully saturated rings. The molecular formula is C87H56N6. The standard InChI is InChI=1S/C87H56N6/c1-6-25-57(26-7-1)60-45-47-63(48-46-60)85-88-86(66-52-64(58-27-8-2-9-28-58)51-65(53-66)59-29-10-3-11-30-59)90-87(89-85)67-54-74(61-31-12-4-13-32-61)84(75(55-67)62-33-14-5-15-34-62)93-81-44-24-43-80(92-78-41-22-18-37-71(78)72-38-19-23-42-79(72)92)83(81)73-50-49-68(56-82(73)93)91-76-39-20-16-35-69(76)70-36-17-21-40-77(70)91/h1-56H. The van der Waals surface area contributed by atoms with Crippen molar-refractivity contribution >= 4 is 65.4 Å². The van der Waals surface area contributed by atoms with Crippen molar-refractivity contribution in [3.63, 3.8) is 0 Å². The Morgan fingerprint density at radius 3 is 1.02 bits per heavy atom. The minimum absolute atomic E-state index is 0.555. The summed E-state index contributed by atoms with van der Waals surface area (Å²) in [5, 5.41) is 7.13. The summed E-state index contributed by atoms with van der Waals surface area (Å²) in [6, 6.07) is 122. The number of hydrogen-bond acceptors (Lipinski definition) is 3. The Labute approximate surface area is 537 Å². The predicted molar refractivity (Wildman–Crippen MR) is 386 cm³/mol. The third-order valence-electron chi connectivity index (χ3n) is 18.5. The second-order valence-electron chi connectivity index (χ2n) is 23.9. The molecule has 0 amide bonds. The van der Waals surface area contributed by atoms with E-state index >= 15 is 0 Å². The molecule has 14 aromatic carbocycles. The second kappa shape index (κ2) is 22.2. The molecule has 0 aliphatic heterocycles. The first-order valence-electron chi connectivity index (χ1n) is 31.7. The van der Waals surface area contributed by atoms with Gasteiger partial charge in [0.2, 0.25) is 0 Å². The molecule has 4 aromatic heterocycles. The van der Waals surface area contributed by atoms with Crippen molar-refractivity contribution in [1.29, 1.82) is 0 Å². The first kappa shape index (κ1) is 53.5. The minimum Gasteiger partial charge on any atom is -0.309 e. The molecule has 0 bridgehead atoms. The fourth-order valence-corrected chi connectivity index (χ4v) is 14.2. The van der Waals surface area contributed by atoms with Crippen LogP contribution in [0.1, 0.15) is 0 Å². The summed E-state index contributed by atoms with van der Waals surface area (Å²) in [4.78, 5) is 16.7. The van der Waals surface area contributed by atoms with Crippen molar-refractivity contribution in [2.24, 2.45) is 0 Å². The number of para-hydroxylation sites is 4. The molecule has 18 rings (SSSR count). The van der Waals surface area contributed by atoms with Gasteiger partial charge in [-0.25, -0.2) is 15.0 Å². The predicted octanol–water partition coefficient (Wildman–Crippen LogP) is 22.5. The summed E-state index contributed by atoms with van der Waals surface area (Å²) in [5.74, 6) is 1.70. The summed E-state index contributed by atoms with van der Waals surface area (Å²) in [5.41, 5.74) is 23.3. The molecule has 0 aliphatic carbocycles. The molecule has 0 unspecified atom stereocenters. The molecule has 4 heterocycles. The van der Waals surface area contributed by atoms with Crippen LogP contribution in [0.4, 0.5) is 0 Å². The van der Waals surface area contributed by atoms with Gasteiger partial charge in [-0.15, -0.1) is 0 Å². The Bertz CT molecular complexity index is 5670. The van der Waals surface area contributed by atoms with E-state index in [1.54, 1.807) is 0 Å². The zero-order valence-corrected chi connectivity index (χ0v) is 50.5. The van der Waals surface area contributed by atoms with E-state index in [1.807, 2.05) is 0 Å². The summed E-state index contributed by atoms with van der Waals surface area (Å²) in [6.45, 7) is 0. The van der Waals surface area contributed by atoms with Crippen LogP contribution in [0, 0.1) is 0 Å². The Balaban J connectivity index is 0.942. The average molecular weight is 1190 g/mol. The molecule has 434 valence electrons. The fourth-order valence-electron chi connectivity index (χ4n) is 14.2. The Morgan fingerprint density at radius 2 is 0.548 bits per heavy atom. The van der Waals surface area contributed by atoms with Gasteiger partial charge < -0.3 is 13.7 Å². The number of benzene rings is 14. The molecule has 6 heteroatoms. The van der Waals surface area contributed by atoms with Crippen molar-refractivity contribution < 1.29 is 0 Å². The molecular weight excluding hydrogens is 1130 g/mol. The Kier molecular flexibility index (Phi) is 12.8. The summed E-state index contributed by atoms with van der Waals surface area (Å²) < 4.78 is 7.45. The van der Waals surface area contributed by atoms with Crippen LogP contribution in [0.2, 0.25) is 0 Å². The van der Waals surface area contributed by atoms with Gasteiger partial charge in [-0.05, 0) is 123 Å². The highest BCUT2D eigenvalue weighted by Gasteiger charge is 2.27. The van der Waals surface area contributed by atoms with Gasteiger partial charge in [-0.2, -0.15) is 0 Å². The SMILES string of the molecule is c1ccc(-c2ccc(-c3nc(-c4cc(-c5ccccc5)cc(-c5ccccc5)c4)nc(-c4cc(-c5ccccc5)c(-n5c6cc(-n7c8ccccc8c8ccccc87)ccc6c6c(-n7c8ccccc8c8ccccc87)cccc65)c(-c5ccccc5)c4)n3)cc2)cc1. The van der Waals surface area contributed by atoms with E-state index in [0.29, 0.717) is 17.5 Å². The van der Waals surface area contributed by atoms with Crippen molar-refractivity contribution in [2.45, 2.75) is 0 Å². The van der Waals surface area contributed by atoms with Gasteiger partial charge in [-0.3, -0.25) is 0 Å². The van der Waals surface area contributed by atoms with Gasteiger partial charge in [0.15, 0.2) is 17.5 Å². The molecule has 0 N–H and O–H groups in total. The van der Waals surface area contributed by atoms with E-state index in [9.17, 15) is 0 Å². The fraction of sp³-hybridized carbons (Fsp3) is 0. The lowest BCUT2D eigenvalue weighted by molar-refractivity contribution is 1.07. The molecule has 0 saturated heterocycles. The molecule has 0 atom stereocenters. The van der Waals surface area contributed by atoms with Crippen LogP contribution in [-0.2, 0) is 0 Å². The first-order valence-corrected chi connectivity index (χ1v) is 31.7. The van der Waals surface area contributed by atoms with Crippen LogP contribution in [-0.4, -0.2) is 28.7 Å². The Morgan fingerprint density at radius 1 is 0.194 bits per heavy atom. The lowest BCUT2D eigenvalue weighted by Gasteiger charge is -2.21.